The molecule has 70 valence electrons. The van der Waals surface area contributed by atoms with Crippen LogP contribution in [0, 0.1) is 0 Å². The molecule has 1 aliphatic rings. The molecule has 0 aliphatic carbocycles. The average Bonchev–Trinajstić information content (AvgIpc) is 2.05. The summed E-state index contributed by atoms with van der Waals surface area (Å²) in [5.74, 6) is 1.14. The summed E-state index contributed by atoms with van der Waals surface area (Å²) < 4.78 is 0. The maximum atomic E-state index is 11.1. The minimum absolute atomic E-state index is 0.608. The Morgan fingerprint density at radius 1 is 1.58 bits per heavy atom. The molecule has 0 aromatic carbocycles. The fourth-order valence-corrected chi connectivity index (χ4v) is 2.85. The molecule has 3 nitrogen and oxygen atoms in total. The van der Waals surface area contributed by atoms with Crippen LogP contribution in [-0.2, 0) is 4.79 Å². The molecule has 0 bridgehead atoms. The normalized spacial score (nSPS) is 30.6. The molecule has 12 heavy (non-hydrogen) atoms. The molecular formula is C8H15NO2S. The van der Waals surface area contributed by atoms with E-state index in [2.05, 4.69) is 0 Å². The van der Waals surface area contributed by atoms with Crippen molar-refractivity contribution < 1.29 is 9.90 Å². The highest BCUT2D eigenvalue weighted by molar-refractivity contribution is 7.99. The summed E-state index contributed by atoms with van der Waals surface area (Å²) in [6.07, 6.45) is 1.79. The second kappa shape index (κ2) is 3.66. The predicted octanol–water partition coefficient (Wildman–Crippen LogP) is 0.898. The van der Waals surface area contributed by atoms with Crippen LogP contribution >= 0.6 is 11.8 Å². The number of rotatable bonds is 2. The molecule has 1 aliphatic heterocycles. The van der Waals surface area contributed by atoms with E-state index in [1.54, 1.807) is 11.8 Å². The molecule has 1 N–H and O–H groups in total. The summed E-state index contributed by atoms with van der Waals surface area (Å²) in [5, 5.41) is 9.10. The summed E-state index contributed by atoms with van der Waals surface area (Å²) in [7, 11) is 3.69. The molecule has 0 aromatic rings. The number of carboxylic acid groups (broad SMARTS) is 1. The lowest BCUT2D eigenvalue weighted by Crippen LogP contribution is -2.54. The van der Waals surface area contributed by atoms with Gasteiger partial charge in [-0.15, -0.1) is 0 Å². The Kier molecular flexibility index (Phi) is 3.01. The van der Waals surface area contributed by atoms with Gasteiger partial charge in [0.2, 0.25) is 0 Å². The molecule has 1 heterocycles. The first kappa shape index (κ1) is 9.86. The minimum atomic E-state index is -0.681. The standard InChI is InChI=1S/C8H15NO2S/c1-9(2)8(7(10)11)4-3-5-12-6-8/h3-6H2,1-2H3,(H,10,11)/t8-/m0/s1. The molecular weight excluding hydrogens is 174 g/mol. The highest BCUT2D eigenvalue weighted by Crippen LogP contribution is 2.30. The van der Waals surface area contributed by atoms with Crippen LogP contribution in [0.25, 0.3) is 0 Å². The molecule has 0 saturated carbocycles. The lowest BCUT2D eigenvalue weighted by atomic mass is 9.94. The van der Waals surface area contributed by atoms with Gasteiger partial charge in [-0.05, 0) is 32.7 Å². The number of likely N-dealkylation sites (N-methyl/N-ethyl adjacent to an activating group) is 1. The van der Waals surface area contributed by atoms with Crippen LogP contribution in [0.2, 0.25) is 0 Å². The van der Waals surface area contributed by atoms with Gasteiger partial charge in [0, 0.05) is 5.75 Å². The highest BCUT2D eigenvalue weighted by Gasteiger charge is 2.41. The van der Waals surface area contributed by atoms with Crippen molar-refractivity contribution in [3.8, 4) is 0 Å². The van der Waals surface area contributed by atoms with Gasteiger partial charge in [-0.3, -0.25) is 9.69 Å². The van der Waals surface area contributed by atoms with Crippen molar-refractivity contribution in [2.45, 2.75) is 18.4 Å². The monoisotopic (exact) mass is 189 g/mol. The second-order valence-electron chi connectivity index (χ2n) is 3.39. The van der Waals surface area contributed by atoms with E-state index in [0.717, 1.165) is 24.3 Å². The molecule has 1 atom stereocenters. The zero-order valence-corrected chi connectivity index (χ0v) is 8.36. The van der Waals surface area contributed by atoms with E-state index in [0.29, 0.717) is 0 Å². The summed E-state index contributed by atoms with van der Waals surface area (Å²) >= 11 is 1.74. The van der Waals surface area contributed by atoms with Gasteiger partial charge in [-0.2, -0.15) is 11.8 Å². The summed E-state index contributed by atoms with van der Waals surface area (Å²) in [4.78, 5) is 12.9. The van der Waals surface area contributed by atoms with Gasteiger partial charge >= 0.3 is 5.97 Å². The van der Waals surface area contributed by atoms with Crippen LogP contribution in [0.4, 0.5) is 0 Å². The van der Waals surface area contributed by atoms with E-state index in [-0.39, 0.29) is 0 Å². The Balaban J connectivity index is 2.77. The lowest BCUT2D eigenvalue weighted by Gasteiger charge is -2.38. The number of hydrogen-bond donors (Lipinski definition) is 1. The van der Waals surface area contributed by atoms with Gasteiger partial charge in [0.05, 0.1) is 0 Å². The van der Waals surface area contributed by atoms with Crippen molar-refractivity contribution in [1.29, 1.82) is 0 Å². The molecule has 1 rings (SSSR count). The average molecular weight is 189 g/mol. The molecule has 1 saturated heterocycles. The van der Waals surface area contributed by atoms with Crippen molar-refractivity contribution in [1.82, 2.24) is 4.90 Å². The van der Waals surface area contributed by atoms with Crippen LogP contribution in [0.15, 0.2) is 0 Å². The smallest absolute Gasteiger partial charge is 0.324 e. The first-order valence-corrected chi connectivity index (χ1v) is 5.23. The Labute approximate surface area is 77.1 Å². The van der Waals surface area contributed by atoms with E-state index in [9.17, 15) is 4.79 Å². The number of thioether (sulfide) groups is 1. The third-order valence-electron chi connectivity index (χ3n) is 2.47. The van der Waals surface area contributed by atoms with Crippen LogP contribution in [-0.4, -0.2) is 47.1 Å². The quantitative estimate of drug-likeness (QED) is 0.700. The predicted molar refractivity (Wildman–Crippen MR) is 50.6 cm³/mol. The summed E-state index contributed by atoms with van der Waals surface area (Å²) in [6, 6.07) is 0. The Bertz CT molecular complexity index is 176. The van der Waals surface area contributed by atoms with E-state index in [1.807, 2.05) is 19.0 Å². The Morgan fingerprint density at radius 2 is 2.25 bits per heavy atom. The van der Waals surface area contributed by atoms with Crippen LogP contribution in [0.5, 0.6) is 0 Å². The zero-order chi connectivity index (χ0) is 9.19. The van der Waals surface area contributed by atoms with Crippen LogP contribution in [0.1, 0.15) is 12.8 Å². The van der Waals surface area contributed by atoms with Crippen molar-refractivity contribution in [2.24, 2.45) is 0 Å². The van der Waals surface area contributed by atoms with E-state index in [4.69, 9.17) is 5.11 Å². The summed E-state index contributed by atoms with van der Waals surface area (Å²) in [6.45, 7) is 0. The SMILES string of the molecule is CN(C)[C@@]1(C(=O)O)CCCSC1. The van der Waals surface area contributed by atoms with Gasteiger partial charge in [-0.1, -0.05) is 0 Å². The molecule has 0 unspecified atom stereocenters. The fraction of sp³-hybridized carbons (Fsp3) is 0.875. The molecule has 0 aromatic heterocycles. The van der Waals surface area contributed by atoms with E-state index in [1.165, 1.54) is 0 Å². The van der Waals surface area contributed by atoms with Crippen LogP contribution < -0.4 is 0 Å². The molecule has 0 amide bonds. The minimum Gasteiger partial charge on any atom is -0.480 e. The third kappa shape index (κ3) is 1.59. The molecule has 4 heteroatoms. The fourth-order valence-electron chi connectivity index (χ4n) is 1.49. The van der Waals surface area contributed by atoms with Crippen LogP contribution in [0.3, 0.4) is 0 Å². The maximum absolute atomic E-state index is 11.1. The van der Waals surface area contributed by atoms with Gasteiger partial charge < -0.3 is 5.11 Å². The third-order valence-corrected chi connectivity index (χ3v) is 3.73. The number of carbonyl (C=O) groups is 1. The van der Waals surface area contributed by atoms with E-state index >= 15 is 0 Å². The topological polar surface area (TPSA) is 40.5 Å². The molecule has 0 spiro atoms. The number of nitrogens with zero attached hydrogens (tertiary/aromatic N) is 1. The maximum Gasteiger partial charge on any atom is 0.324 e. The highest BCUT2D eigenvalue weighted by atomic mass is 32.2. The van der Waals surface area contributed by atoms with Gasteiger partial charge in [0.1, 0.15) is 5.54 Å². The lowest BCUT2D eigenvalue weighted by molar-refractivity contribution is -0.149. The first-order chi connectivity index (χ1) is 5.59. The number of aliphatic carboxylic acids is 1. The first-order valence-electron chi connectivity index (χ1n) is 4.08. The summed E-state index contributed by atoms with van der Waals surface area (Å²) in [5.41, 5.74) is -0.608. The van der Waals surface area contributed by atoms with Crippen molar-refractivity contribution in [2.75, 3.05) is 25.6 Å². The Morgan fingerprint density at radius 3 is 2.50 bits per heavy atom. The van der Waals surface area contributed by atoms with Crippen molar-refractivity contribution in [3.05, 3.63) is 0 Å². The largest absolute Gasteiger partial charge is 0.480 e. The van der Waals surface area contributed by atoms with Gasteiger partial charge in [0.25, 0.3) is 0 Å². The number of carboxylic acids is 1. The second-order valence-corrected chi connectivity index (χ2v) is 4.49. The number of hydrogen-bond acceptors (Lipinski definition) is 3. The zero-order valence-electron chi connectivity index (χ0n) is 7.54. The van der Waals surface area contributed by atoms with Crippen molar-refractivity contribution >= 4 is 17.7 Å². The van der Waals surface area contributed by atoms with Crippen molar-refractivity contribution in [3.63, 3.8) is 0 Å². The molecule has 1 fully saturated rings. The molecule has 0 radical (unpaired) electrons. The Hall–Kier alpha value is -0.220. The van der Waals surface area contributed by atoms with Gasteiger partial charge in [0.15, 0.2) is 0 Å². The van der Waals surface area contributed by atoms with Gasteiger partial charge in [-0.25, -0.2) is 0 Å². The van der Waals surface area contributed by atoms with E-state index < -0.39 is 11.5 Å².